The Kier molecular flexibility index (Phi) is 6.78. The lowest BCUT2D eigenvalue weighted by Crippen LogP contribution is -2.55. The van der Waals surface area contributed by atoms with Gasteiger partial charge in [0.25, 0.3) is 0 Å². The molecule has 6 nitrogen and oxygen atoms in total. The molecule has 2 heterocycles. The zero-order valence-corrected chi connectivity index (χ0v) is 14.6. The first-order valence-corrected chi connectivity index (χ1v) is 8.09. The highest BCUT2D eigenvalue weighted by Gasteiger charge is 2.41. The van der Waals surface area contributed by atoms with Crippen LogP contribution >= 0.6 is 12.4 Å². The van der Waals surface area contributed by atoms with E-state index in [0.717, 1.165) is 13.1 Å². The average molecular weight is 369 g/mol. The monoisotopic (exact) mass is 368 g/mol. The molecule has 0 aliphatic carbocycles. The van der Waals surface area contributed by atoms with Gasteiger partial charge in [-0.3, -0.25) is 9.48 Å². The first-order valence-electron chi connectivity index (χ1n) is 8.09. The molecule has 1 aliphatic rings. The highest BCUT2D eigenvalue weighted by molar-refractivity contribution is 5.85. The Bertz CT molecular complexity index is 675. The van der Waals surface area contributed by atoms with Gasteiger partial charge in [0.2, 0.25) is 5.91 Å². The van der Waals surface area contributed by atoms with Crippen molar-refractivity contribution in [2.45, 2.75) is 18.4 Å². The number of amides is 1. The fourth-order valence-corrected chi connectivity index (χ4v) is 2.97. The van der Waals surface area contributed by atoms with Gasteiger partial charge in [-0.1, -0.05) is 12.1 Å². The van der Waals surface area contributed by atoms with E-state index in [1.807, 2.05) is 12.3 Å². The summed E-state index contributed by atoms with van der Waals surface area (Å²) in [7, 11) is 0. The van der Waals surface area contributed by atoms with Crippen LogP contribution in [0.1, 0.15) is 12.8 Å². The van der Waals surface area contributed by atoms with Gasteiger partial charge in [-0.25, -0.2) is 4.39 Å². The minimum absolute atomic E-state index is 0. The molecular formula is C17H22ClFN4O2. The van der Waals surface area contributed by atoms with Crippen LogP contribution in [0.5, 0.6) is 5.75 Å². The molecule has 136 valence electrons. The van der Waals surface area contributed by atoms with Crippen LogP contribution in [0.4, 0.5) is 4.39 Å². The number of piperidine rings is 1. The predicted molar refractivity (Wildman–Crippen MR) is 94.5 cm³/mol. The van der Waals surface area contributed by atoms with Crippen molar-refractivity contribution in [1.82, 2.24) is 20.4 Å². The van der Waals surface area contributed by atoms with Crippen LogP contribution in [0.25, 0.3) is 0 Å². The van der Waals surface area contributed by atoms with Crippen LogP contribution in [-0.2, 0) is 10.3 Å². The van der Waals surface area contributed by atoms with Gasteiger partial charge in [0.15, 0.2) is 11.6 Å². The number of hydrogen-bond donors (Lipinski definition) is 2. The van der Waals surface area contributed by atoms with E-state index >= 15 is 0 Å². The largest absolute Gasteiger partial charge is 0.489 e. The molecule has 0 bridgehead atoms. The number of para-hydroxylation sites is 1. The molecule has 3 rings (SSSR count). The van der Waals surface area contributed by atoms with Gasteiger partial charge in [-0.15, -0.1) is 12.4 Å². The quantitative estimate of drug-likeness (QED) is 0.762. The Balaban J connectivity index is 0.00000225. The molecule has 2 aromatic rings. The number of rotatable bonds is 6. The lowest BCUT2D eigenvalue weighted by atomic mass is 9.87. The van der Waals surface area contributed by atoms with Crippen molar-refractivity contribution >= 4 is 18.3 Å². The van der Waals surface area contributed by atoms with E-state index in [1.165, 1.54) is 6.07 Å². The molecule has 1 aromatic heterocycles. The summed E-state index contributed by atoms with van der Waals surface area (Å²) in [6.07, 6.45) is 4.85. The molecule has 1 aliphatic heterocycles. The topological polar surface area (TPSA) is 68.2 Å². The molecule has 8 heteroatoms. The van der Waals surface area contributed by atoms with E-state index in [1.54, 1.807) is 29.1 Å². The van der Waals surface area contributed by atoms with E-state index in [0.29, 0.717) is 19.4 Å². The summed E-state index contributed by atoms with van der Waals surface area (Å²) in [4.78, 5) is 12.8. The van der Waals surface area contributed by atoms with Gasteiger partial charge in [-0.2, -0.15) is 5.10 Å². The molecule has 2 N–H and O–H groups in total. The van der Waals surface area contributed by atoms with Crippen molar-refractivity contribution in [3.63, 3.8) is 0 Å². The van der Waals surface area contributed by atoms with Crippen LogP contribution in [0.3, 0.4) is 0 Å². The highest BCUT2D eigenvalue weighted by atomic mass is 35.5. The second-order valence-electron chi connectivity index (χ2n) is 5.77. The highest BCUT2D eigenvalue weighted by Crippen LogP contribution is 2.27. The predicted octanol–water partition coefficient (Wildman–Crippen LogP) is 1.72. The third kappa shape index (κ3) is 4.29. The molecule has 0 unspecified atom stereocenters. The molecule has 1 saturated heterocycles. The number of benzene rings is 1. The van der Waals surface area contributed by atoms with Crippen molar-refractivity contribution < 1.29 is 13.9 Å². The smallest absolute Gasteiger partial charge is 0.248 e. The van der Waals surface area contributed by atoms with Crippen molar-refractivity contribution in [2.75, 3.05) is 26.2 Å². The maximum Gasteiger partial charge on any atom is 0.248 e. The van der Waals surface area contributed by atoms with Gasteiger partial charge in [0.05, 0.1) is 6.54 Å². The second kappa shape index (κ2) is 8.82. The van der Waals surface area contributed by atoms with Crippen molar-refractivity contribution in [1.29, 1.82) is 0 Å². The lowest BCUT2D eigenvalue weighted by Gasteiger charge is -2.36. The molecule has 0 spiro atoms. The Morgan fingerprint density at radius 1 is 1.32 bits per heavy atom. The zero-order valence-electron chi connectivity index (χ0n) is 13.8. The Morgan fingerprint density at radius 2 is 2.08 bits per heavy atom. The standard InChI is InChI=1S/C17H21FN4O2.ClH/c18-14-4-1-2-5-15(14)24-13-11-20-16(23)17(6-9-19-10-7-17)22-12-3-8-21-22;/h1-5,8,12,19H,6-7,9-11,13H2,(H,20,23);1H. The second-order valence-corrected chi connectivity index (χ2v) is 5.77. The Morgan fingerprint density at radius 3 is 2.76 bits per heavy atom. The van der Waals surface area contributed by atoms with Gasteiger partial charge in [-0.05, 0) is 44.1 Å². The minimum atomic E-state index is -0.674. The minimum Gasteiger partial charge on any atom is -0.489 e. The summed E-state index contributed by atoms with van der Waals surface area (Å²) < 4.78 is 20.6. The number of aromatic nitrogens is 2. The molecule has 0 saturated carbocycles. The molecule has 0 atom stereocenters. The number of hydrogen-bond acceptors (Lipinski definition) is 4. The molecule has 1 aromatic carbocycles. The first-order chi connectivity index (χ1) is 11.7. The van der Waals surface area contributed by atoms with Gasteiger partial charge in [0, 0.05) is 12.4 Å². The molecule has 1 fully saturated rings. The SMILES string of the molecule is Cl.O=C(NCCOc1ccccc1F)C1(n2cccn2)CCNCC1. The van der Waals surface area contributed by atoms with Gasteiger partial charge >= 0.3 is 0 Å². The number of nitrogens with zero attached hydrogens (tertiary/aromatic N) is 2. The maximum absolute atomic E-state index is 13.5. The molecule has 0 radical (unpaired) electrons. The van der Waals surface area contributed by atoms with Crippen LogP contribution < -0.4 is 15.4 Å². The van der Waals surface area contributed by atoms with Crippen molar-refractivity contribution in [3.05, 3.63) is 48.5 Å². The molecular weight excluding hydrogens is 347 g/mol. The third-order valence-corrected chi connectivity index (χ3v) is 4.28. The van der Waals surface area contributed by atoms with E-state index in [-0.39, 0.29) is 30.7 Å². The number of carbonyl (C=O) groups is 1. The third-order valence-electron chi connectivity index (χ3n) is 4.28. The first kappa shape index (κ1) is 19.2. The summed E-state index contributed by atoms with van der Waals surface area (Å²) in [5, 5.41) is 10.4. The van der Waals surface area contributed by atoms with Crippen LogP contribution in [0.15, 0.2) is 42.7 Å². The average Bonchev–Trinajstić information content (AvgIpc) is 3.15. The van der Waals surface area contributed by atoms with Crippen molar-refractivity contribution in [3.8, 4) is 5.75 Å². The van der Waals surface area contributed by atoms with Crippen LogP contribution in [-0.4, -0.2) is 41.9 Å². The van der Waals surface area contributed by atoms with Gasteiger partial charge in [0.1, 0.15) is 12.1 Å². The summed E-state index contributed by atoms with van der Waals surface area (Å²) >= 11 is 0. The summed E-state index contributed by atoms with van der Waals surface area (Å²) in [5.41, 5.74) is -0.674. The number of halogens is 2. The van der Waals surface area contributed by atoms with Gasteiger partial charge < -0.3 is 15.4 Å². The van der Waals surface area contributed by atoms with Crippen LogP contribution in [0, 0.1) is 5.82 Å². The van der Waals surface area contributed by atoms with Crippen LogP contribution in [0.2, 0.25) is 0 Å². The number of ether oxygens (including phenoxy) is 1. The van der Waals surface area contributed by atoms with E-state index in [2.05, 4.69) is 15.7 Å². The molecule has 1 amide bonds. The number of carbonyl (C=O) groups excluding carboxylic acids is 1. The van der Waals surface area contributed by atoms with E-state index in [9.17, 15) is 9.18 Å². The summed E-state index contributed by atoms with van der Waals surface area (Å²) in [6, 6.07) is 8.04. The maximum atomic E-state index is 13.5. The Hall–Kier alpha value is -2.12. The lowest BCUT2D eigenvalue weighted by molar-refractivity contribution is -0.132. The fourth-order valence-electron chi connectivity index (χ4n) is 2.97. The fraction of sp³-hybridized carbons (Fsp3) is 0.412. The van der Waals surface area contributed by atoms with E-state index in [4.69, 9.17) is 4.74 Å². The molecule has 25 heavy (non-hydrogen) atoms. The van der Waals surface area contributed by atoms with Crippen molar-refractivity contribution in [2.24, 2.45) is 0 Å². The summed E-state index contributed by atoms with van der Waals surface area (Å²) in [6.45, 7) is 2.04. The normalized spacial score (nSPS) is 15.9. The summed E-state index contributed by atoms with van der Waals surface area (Å²) in [5.74, 6) is -0.296. The number of nitrogens with one attached hydrogen (secondary N) is 2. The van der Waals surface area contributed by atoms with E-state index < -0.39 is 11.4 Å². The zero-order chi connectivity index (χ0) is 16.8. The Labute approximate surface area is 152 Å².